The van der Waals surface area contributed by atoms with E-state index in [1.165, 1.54) is 0 Å². The molecule has 0 aliphatic rings. The minimum atomic E-state index is 0.443. The van der Waals surface area contributed by atoms with Crippen LogP contribution < -0.4 is 0 Å². The SMILES string of the molecule is CCC(C)n1cnc2cnc(Cl)cc21. The molecule has 74 valence electrons. The summed E-state index contributed by atoms with van der Waals surface area (Å²) in [6.07, 6.45) is 4.62. The lowest BCUT2D eigenvalue weighted by molar-refractivity contribution is 0.544. The van der Waals surface area contributed by atoms with Gasteiger partial charge in [0.05, 0.1) is 18.0 Å². The molecule has 0 aliphatic carbocycles. The van der Waals surface area contributed by atoms with Gasteiger partial charge in [-0.3, -0.25) is 0 Å². The molecule has 14 heavy (non-hydrogen) atoms. The van der Waals surface area contributed by atoms with Crippen LogP contribution in [0.5, 0.6) is 0 Å². The fourth-order valence-electron chi connectivity index (χ4n) is 1.45. The van der Waals surface area contributed by atoms with Crippen LogP contribution in [-0.4, -0.2) is 14.5 Å². The second-order valence-electron chi connectivity index (χ2n) is 3.40. The Kier molecular flexibility index (Phi) is 2.42. The van der Waals surface area contributed by atoms with Crippen molar-refractivity contribution >= 4 is 22.6 Å². The lowest BCUT2D eigenvalue weighted by Crippen LogP contribution is -2.01. The van der Waals surface area contributed by atoms with Crippen molar-refractivity contribution in [3.63, 3.8) is 0 Å². The maximum atomic E-state index is 5.84. The number of pyridine rings is 1. The predicted molar refractivity (Wildman–Crippen MR) is 57.5 cm³/mol. The van der Waals surface area contributed by atoms with Crippen molar-refractivity contribution in [2.45, 2.75) is 26.3 Å². The van der Waals surface area contributed by atoms with E-state index in [1.807, 2.05) is 12.4 Å². The van der Waals surface area contributed by atoms with Gasteiger partial charge in [-0.2, -0.15) is 0 Å². The van der Waals surface area contributed by atoms with Gasteiger partial charge in [0.1, 0.15) is 10.7 Å². The first kappa shape index (κ1) is 9.46. The van der Waals surface area contributed by atoms with Crippen molar-refractivity contribution in [2.75, 3.05) is 0 Å². The molecule has 4 heteroatoms. The molecule has 0 saturated heterocycles. The number of hydrogen-bond acceptors (Lipinski definition) is 2. The molecular weight excluding hydrogens is 198 g/mol. The molecule has 0 fully saturated rings. The van der Waals surface area contributed by atoms with Crippen molar-refractivity contribution in [2.24, 2.45) is 0 Å². The summed E-state index contributed by atoms with van der Waals surface area (Å²) in [6, 6.07) is 2.30. The smallest absolute Gasteiger partial charge is 0.131 e. The Hall–Kier alpha value is -1.09. The summed E-state index contributed by atoms with van der Waals surface area (Å²) >= 11 is 5.84. The van der Waals surface area contributed by atoms with Gasteiger partial charge in [0, 0.05) is 12.1 Å². The van der Waals surface area contributed by atoms with Gasteiger partial charge < -0.3 is 4.57 Å². The van der Waals surface area contributed by atoms with Crippen LogP contribution in [0.15, 0.2) is 18.6 Å². The first-order valence-electron chi connectivity index (χ1n) is 4.70. The molecule has 2 aromatic rings. The van der Waals surface area contributed by atoms with Crippen molar-refractivity contribution in [3.8, 4) is 0 Å². The molecule has 0 spiro atoms. The zero-order chi connectivity index (χ0) is 10.1. The zero-order valence-corrected chi connectivity index (χ0v) is 8.99. The van der Waals surface area contributed by atoms with Crippen molar-refractivity contribution in [3.05, 3.63) is 23.7 Å². The van der Waals surface area contributed by atoms with Gasteiger partial charge in [0.15, 0.2) is 0 Å². The van der Waals surface area contributed by atoms with Gasteiger partial charge in [0.2, 0.25) is 0 Å². The average molecular weight is 210 g/mol. The molecule has 3 nitrogen and oxygen atoms in total. The average Bonchev–Trinajstić information content (AvgIpc) is 2.59. The first-order valence-corrected chi connectivity index (χ1v) is 5.08. The second-order valence-corrected chi connectivity index (χ2v) is 3.79. The minimum Gasteiger partial charge on any atom is -0.328 e. The van der Waals surface area contributed by atoms with Crippen LogP contribution in [0.25, 0.3) is 11.0 Å². The van der Waals surface area contributed by atoms with Crippen molar-refractivity contribution in [1.82, 2.24) is 14.5 Å². The minimum absolute atomic E-state index is 0.443. The summed E-state index contributed by atoms with van der Waals surface area (Å²) in [6.45, 7) is 4.31. The third-order valence-electron chi connectivity index (χ3n) is 2.49. The van der Waals surface area contributed by atoms with Crippen LogP contribution in [0.2, 0.25) is 5.15 Å². The fraction of sp³-hybridized carbons (Fsp3) is 0.400. The van der Waals surface area contributed by atoms with Crippen molar-refractivity contribution in [1.29, 1.82) is 0 Å². The zero-order valence-electron chi connectivity index (χ0n) is 8.24. The Bertz CT molecular complexity index is 450. The normalized spacial score (nSPS) is 13.4. The maximum Gasteiger partial charge on any atom is 0.131 e. The molecule has 0 bridgehead atoms. The van der Waals surface area contributed by atoms with E-state index in [9.17, 15) is 0 Å². The summed E-state index contributed by atoms with van der Waals surface area (Å²) in [5.74, 6) is 0. The van der Waals surface area contributed by atoms with E-state index < -0.39 is 0 Å². The summed E-state index contributed by atoms with van der Waals surface area (Å²) < 4.78 is 2.13. The lowest BCUT2D eigenvalue weighted by Gasteiger charge is -2.11. The fourth-order valence-corrected chi connectivity index (χ4v) is 1.61. The number of halogens is 1. The first-order chi connectivity index (χ1) is 6.72. The summed E-state index contributed by atoms with van der Waals surface area (Å²) in [4.78, 5) is 8.27. The van der Waals surface area contributed by atoms with E-state index in [-0.39, 0.29) is 0 Å². The van der Waals surface area contributed by atoms with Gasteiger partial charge in [-0.05, 0) is 13.3 Å². The van der Waals surface area contributed by atoms with Crippen LogP contribution >= 0.6 is 11.6 Å². The largest absolute Gasteiger partial charge is 0.328 e. The Morgan fingerprint density at radius 2 is 2.29 bits per heavy atom. The van der Waals surface area contributed by atoms with Crippen molar-refractivity contribution < 1.29 is 0 Å². The van der Waals surface area contributed by atoms with Crippen LogP contribution in [0.3, 0.4) is 0 Å². The topological polar surface area (TPSA) is 30.7 Å². The summed E-state index contributed by atoms with van der Waals surface area (Å²) in [7, 11) is 0. The monoisotopic (exact) mass is 209 g/mol. The molecule has 2 rings (SSSR count). The number of hydrogen-bond donors (Lipinski definition) is 0. The van der Waals surface area contributed by atoms with E-state index in [2.05, 4.69) is 28.4 Å². The van der Waals surface area contributed by atoms with E-state index in [1.54, 1.807) is 6.20 Å². The molecule has 0 radical (unpaired) electrons. The number of nitrogens with zero attached hydrogens (tertiary/aromatic N) is 3. The van der Waals surface area contributed by atoms with Crippen LogP contribution in [0, 0.1) is 0 Å². The highest BCUT2D eigenvalue weighted by atomic mass is 35.5. The van der Waals surface area contributed by atoms with Gasteiger partial charge in [-0.15, -0.1) is 0 Å². The third-order valence-corrected chi connectivity index (χ3v) is 2.70. The third kappa shape index (κ3) is 1.48. The molecule has 1 unspecified atom stereocenters. The van der Waals surface area contributed by atoms with E-state index >= 15 is 0 Å². The Labute approximate surface area is 87.7 Å². The molecule has 2 heterocycles. The number of fused-ring (bicyclic) bond motifs is 1. The highest BCUT2D eigenvalue weighted by Crippen LogP contribution is 2.20. The van der Waals surface area contributed by atoms with Crippen LogP contribution in [-0.2, 0) is 0 Å². The molecule has 0 saturated carbocycles. The van der Waals surface area contributed by atoms with Crippen LogP contribution in [0.1, 0.15) is 26.3 Å². The number of aromatic nitrogens is 3. The summed E-state index contributed by atoms with van der Waals surface area (Å²) in [5, 5.41) is 0.516. The van der Waals surface area contributed by atoms with Gasteiger partial charge in [0.25, 0.3) is 0 Å². The predicted octanol–water partition coefficient (Wildman–Crippen LogP) is 3.06. The Morgan fingerprint density at radius 3 is 3.00 bits per heavy atom. The van der Waals surface area contributed by atoms with Gasteiger partial charge in [-0.1, -0.05) is 18.5 Å². The number of imidazole rings is 1. The maximum absolute atomic E-state index is 5.84. The molecule has 0 N–H and O–H groups in total. The highest BCUT2D eigenvalue weighted by molar-refractivity contribution is 6.29. The summed E-state index contributed by atoms with van der Waals surface area (Å²) in [5.41, 5.74) is 1.95. The van der Waals surface area contributed by atoms with Gasteiger partial charge in [-0.25, -0.2) is 9.97 Å². The van der Waals surface area contributed by atoms with Gasteiger partial charge >= 0.3 is 0 Å². The molecule has 0 aliphatic heterocycles. The molecule has 0 aromatic carbocycles. The standard InChI is InChI=1S/C10H12ClN3/c1-3-7(2)14-6-13-8-5-12-10(11)4-9(8)14/h4-7H,3H2,1-2H3. The molecule has 0 amide bonds. The van der Waals surface area contributed by atoms with Crippen LogP contribution in [0.4, 0.5) is 0 Å². The molecular formula is C10H12ClN3. The Balaban J connectivity index is 2.61. The highest BCUT2D eigenvalue weighted by Gasteiger charge is 2.07. The Morgan fingerprint density at radius 1 is 1.50 bits per heavy atom. The second kappa shape index (κ2) is 3.58. The lowest BCUT2D eigenvalue weighted by atomic mass is 10.2. The van der Waals surface area contributed by atoms with E-state index in [0.717, 1.165) is 17.5 Å². The molecule has 2 aromatic heterocycles. The quantitative estimate of drug-likeness (QED) is 0.712. The molecule has 1 atom stereocenters. The van der Waals surface area contributed by atoms with E-state index in [0.29, 0.717) is 11.2 Å². The number of rotatable bonds is 2. The van der Waals surface area contributed by atoms with E-state index in [4.69, 9.17) is 11.6 Å².